The van der Waals surface area contributed by atoms with E-state index < -0.39 is 24.6 Å². The summed E-state index contributed by atoms with van der Waals surface area (Å²) in [4.78, 5) is 38.8. The molecule has 2 aromatic rings. The number of esters is 1. The van der Waals surface area contributed by atoms with Crippen LogP contribution in [0.5, 0.6) is 0 Å². The molecule has 1 fully saturated rings. The summed E-state index contributed by atoms with van der Waals surface area (Å²) in [5.41, 5.74) is 1.15. The Kier molecular flexibility index (Phi) is 3.31. The Hall–Kier alpha value is -2.83. The lowest BCUT2D eigenvalue weighted by Gasteiger charge is -2.10. The summed E-state index contributed by atoms with van der Waals surface area (Å²) in [6.07, 6.45) is 0.824. The van der Waals surface area contributed by atoms with Crippen LogP contribution in [-0.4, -0.2) is 47.6 Å². The van der Waals surface area contributed by atoms with E-state index >= 15 is 0 Å². The van der Waals surface area contributed by atoms with E-state index in [1.807, 2.05) is 12.1 Å². The smallest absolute Gasteiger partial charge is 0.416 e. The van der Waals surface area contributed by atoms with E-state index in [1.54, 1.807) is 12.1 Å². The van der Waals surface area contributed by atoms with Gasteiger partial charge in [0.1, 0.15) is 6.61 Å². The van der Waals surface area contributed by atoms with Gasteiger partial charge < -0.3 is 14.5 Å². The molecule has 1 saturated heterocycles. The fourth-order valence-corrected chi connectivity index (χ4v) is 2.14. The van der Waals surface area contributed by atoms with Crippen LogP contribution in [0.15, 0.2) is 30.5 Å². The van der Waals surface area contributed by atoms with E-state index in [9.17, 15) is 14.4 Å². The van der Waals surface area contributed by atoms with E-state index in [0.29, 0.717) is 5.56 Å². The largest absolute Gasteiger partial charge is 0.452 e. The van der Waals surface area contributed by atoms with Crippen LogP contribution in [0.25, 0.3) is 10.9 Å². The van der Waals surface area contributed by atoms with E-state index in [0.717, 1.165) is 15.8 Å². The zero-order chi connectivity index (χ0) is 14.8. The van der Waals surface area contributed by atoms with Crippen molar-refractivity contribution >= 4 is 28.9 Å². The van der Waals surface area contributed by atoms with Gasteiger partial charge in [-0.3, -0.25) is 4.79 Å². The third-order valence-corrected chi connectivity index (χ3v) is 3.20. The first-order valence-electron chi connectivity index (χ1n) is 6.37. The lowest BCUT2D eigenvalue weighted by Crippen LogP contribution is -2.35. The Morgan fingerprint density at radius 3 is 2.90 bits per heavy atom. The molecule has 21 heavy (non-hydrogen) atoms. The van der Waals surface area contributed by atoms with Gasteiger partial charge in [-0.25, -0.2) is 14.5 Å². The van der Waals surface area contributed by atoms with Gasteiger partial charge in [0.2, 0.25) is 0 Å². The molecular weight excluding hydrogens is 276 g/mol. The number of nitrogens with zero attached hydrogens (tertiary/aromatic N) is 1. The SMILES string of the molecule is O=C(OCC(=O)N1CCOC1=O)c1c[nH]c2ccccc12. The molecule has 1 aliphatic rings. The molecule has 0 atom stereocenters. The average molecular weight is 288 g/mol. The second-order valence-electron chi connectivity index (χ2n) is 4.48. The first-order chi connectivity index (χ1) is 10.2. The molecular formula is C14H12N2O5. The third-order valence-electron chi connectivity index (χ3n) is 3.20. The van der Waals surface area contributed by atoms with Crippen LogP contribution in [0, 0.1) is 0 Å². The van der Waals surface area contributed by atoms with Gasteiger partial charge in [0.25, 0.3) is 5.91 Å². The van der Waals surface area contributed by atoms with Gasteiger partial charge in [0, 0.05) is 17.1 Å². The van der Waals surface area contributed by atoms with Crippen LogP contribution in [0.2, 0.25) is 0 Å². The van der Waals surface area contributed by atoms with Crippen molar-refractivity contribution < 1.29 is 23.9 Å². The maximum Gasteiger partial charge on any atom is 0.416 e. The fraction of sp³-hybridized carbons (Fsp3) is 0.214. The second kappa shape index (κ2) is 5.28. The van der Waals surface area contributed by atoms with Gasteiger partial charge in [-0.2, -0.15) is 0 Å². The predicted molar refractivity (Wildman–Crippen MR) is 71.6 cm³/mol. The summed E-state index contributed by atoms with van der Waals surface area (Å²) in [5, 5.41) is 0.718. The number of aromatic amines is 1. The molecule has 2 amide bonds. The number of cyclic esters (lactones) is 1. The normalized spacial score (nSPS) is 14.3. The Balaban J connectivity index is 1.67. The second-order valence-corrected chi connectivity index (χ2v) is 4.48. The lowest BCUT2D eigenvalue weighted by atomic mass is 10.2. The molecule has 0 aliphatic carbocycles. The zero-order valence-electron chi connectivity index (χ0n) is 11.0. The number of rotatable bonds is 3. The molecule has 1 aliphatic heterocycles. The molecule has 7 heteroatoms. The highest BCUT2D eigenvalue weighted by atomic mass is 16.6. The summed E-state index contributed by atoms with van der Waals surface area (Å²) in [7, 11) is 0. The first kappa shape index (κ1) is 13.2. The number of ether oxygens (including phenoxy) is 2. The van der Waals surface area contributed by atoms with Crippen molar-refractivity contribution in [2.24, 2.45) is 0 Å². The van der Waals surface area contributed by atoms with Crippen molar-refractivity contribution in [1.29, 1.82) is 0 Å². The van der Waals surface area contributed by atoms with Gasteiger partial charge in [0.15, 0.2) is 6.61 Å². The first-order valence-corrected chi connectivity index (χ1v) is 6.37. The lowest BCUT2D eigenvalue weighted by molar-refractivity contribution is -0.131. The highest BCUT2D eigenvalue weighted by Crippen LogP contribution is 2.18. The van der Waals surface area contributed by atoms with E-state index in [2.05, 4.69) is 9.72 Å². The number of nitrogens with one attached hydrogen (secondary N) is 1. The highest BCUT2D eigenvalue weighted by molar-refractivity contribution is 6.04. The summed E-state index contributed by atoms with van der Waals surface area (Å²) in [5.74, 6) is -1.21. The molecule has 1 N–H and O–H groups in total. The summed E-state index contributed by atoms with van der Waals surface area (Å²) < 4.78 is 9.60. The minimum Gasteiger partial charge on any atom is -0.452 e. The maximum atomic E-state index is 12.0. The van der Waals surface area contributed by atoms with Crippen molar-refractivity contribution in [1.82, 2.24) is 9.88 Å². The molecule has 0 unspecified atom stereocenters. The molecule has 7 nitrogen and oxygen atoms in total. The Labute approximate surface area is 119 Å². The number of fused-ring (bicyclic) bond motifs is 1. The fourth-order valence-electron chi connectivity index (χ4n) is 2.14. The van der Waals surface area contributed by atoms with Crippen molar-refractivity contribution in [3.05, 3.63) is 36.0 Å². The third kappa shape index (κ3) is 2.45. The van der Waals surface area contributed by atoms with Crippen LogP contribution in [0.3, 0.4) is 0 Å². The number of amides is 2. The minimum absolute atomic E-state index is 0.168. The molecule has 3 rings (SSSR count). The summed E-state index contributed by atoms with van der Waals surface area (Å²) >= 11 is 0. The van der Waals surface area contributed by atoms with Crippen molar-refractivity contribution in [3.8, 4) is 0 Å². The molecule has 0 spiro atoms. The minimum atomic E-state index is -0.705. The average Bonchev–Trinajstić information content (AvgIpc) is 3.10. The molecule has 2 heterocycles. The predicted octanol–water partition coefficient (Wildman–Crippen LogP) is 1.30. The number of aromatic nitrogens is 1. The summed E-state index contributed by atoms with van der Waals surface area (Å²) in [6, 6.07) is 7.26. The van der Waals surface area contributed by atoms with Crippen LogP contribution in [0.4, 0.5) is 4.79 Å². The van der Waals surface area contributed by atoms with Crippen LogP contribution in [0.1, 0.15) is 10.4 Å². The summed E-state index contributed by atoms with van der Waals surface area (Å²) in [6.45, 7) is -0.142. The number of carbonyl (C=O) groups is 3. The molecule has 108 valence electrons. The van der Waals surface area contributed by atoms with Gasteiger partial charge in [-0.15, -0.1) is 0 Å². The van der Waals surface area contributed by atoms with Gasteiger partial charge >= 0.3 is 12.1 Å². The number of imide groups is 1. The Bertz CT molecular complexity index is 721. The monoisotopic (exact) mass is 288 g/mol. The number of hydrogen-bond acceptors (Lipinski definition) is 5. The number of carbonyl (C=O) groups excluding carboxylic acids is 3. The number of para-hydroxylation sites is 1. The topological polar surface area (TPSA) is 88.7 Å². The van der Waals surface area contributed by atoms with Gasteiger partial charge in [-0.1, -0.05) is 18.2 Å². The van der Waals surface area contributed by atoms with Gasteiger partial charge in [0.05, 0.1) is 12.1 Å². The van der Waals surface area contributed by atoms with E-state index in [4.69, 9.17) is 4.74 Å². The molecule has 1 aromatic carbocycles. The highest BCUT2D eigenvalue weighted by Gasteiger charge is 2.29. The van der Waals surface area contributed by atoms with Crippen molar-refractivity contribution in [2.45, 2.75) is 0 Å². The van der Waals surface area contributed by atoms with Crippen LogP contribution >= 0.6 is 0 Å². The van der Waals surface area contributed by atoms with Crippen LogP contribution < -0.4 is 0 Å². The molecule has 1 aromatic heterocycles. The van der Waals surface area contributed by atoms with Crippen molar-refractivity contribution in [3.63, 3.8) is 0 Å². The number of H-pyrrole nitrogens is 1. The Morgan fingerprint density at radius 2 is 2.14 bits per heavy atom. The molecule has 0 radical (unpaired) electrons. The van der Waals surface area contributed by atoms with E-state index in [-0.39, 0.29) is 13.2 Å². The molecule has 0 bridgehead atoms. The molecule has 0 saturated carbocycles. The van der Waals surface area contributed by atoms with Crippen molar-refractivity contribution in [2.75, 3.05) is 19.8 Å². The maximum absolute atomic E-state index is 12.0. The van der Waals surface area contributed by atoms with E-state index in [1.165, 1.54) is 6.20 Å². The van der Waals surface area contributed by atoms with Gasteiger partial charge in [-0.05, 0) is 6.07 Å². The number of benzene rings is 1. The Morgan fingerprint density at radius 1 is 1.33 bits per heavy atom. The zero-order valence-corrected chi connectivity index (χ0v) is 11.0. The standard InChI is InChI=1S/C14H12N2O5/c17-12(16-5-6-20-14(16)19)8-21-13(18)10-7-15-11-4-2-1-3-9(10)11/h1-4,7,15H,5-6,8H2. The quantitative estimate of drug-likeness (QED) is 0.860. The van der Waals surface area contributed by atoms with Crippen LogP contribution in [-0.2, 0) is 14.3 Å². The number of hydrogen-bond donors (Lipinski definition) is 1.